The monoisotopic (exact) mass is 398 g/mol. The molecule has 0 aromatic rings. The number of carbonyl (C=O) groups excluding carboxylic acids is 1. The summed E-state index contributed by atoms with van der Waals surface area (Å²) in [7, 11) is 1.40. The molecule has 0 spiro atoms. The van der Waals surface area contributed by atoms with Crippen molar-refractivity contribution in [3.63, 3.8) is 0 Å². The first-order valence-electron chi connectivity index (χ1n) is 11.2. The summed E-state index contributed by atoms with van der Waals surface area (Å²) in [5, 5.41) is 20.8. The van der Waals surface area contributed by atoms with E-state index in [1.54, 1.807) is 0 Å². The number of halogens is 1. The van der Waals surface area contributed by atoms with Gasteiger partial charge < -0.3 is 14.9 Å². The van der Waals surface area contributed by atoms with Gasteiger partial charge >= 0.3 is 5.97 Å². The fourth-order valence-electron chi connectivity index (χ4n) is 5.01. The molecule has 0 bridgehead atoms. The highest BCUT2D eigenvalue weighted by atomic mass is 19.1. The number of esters is 1. The van der Waals surface area contributed by atoms with Gasteiger partial charge in [0, 0.05) is 18.8 Å². The summed E-state index contributed by atoms with van der Waals surface area (Å²) in [6.07, 6.45) is 12.0. The Morgan fingerprint density at radius 3 is 2.61 bits per heavy atom. The van der Waals surface area contributed by atoms with E-state index in [0.29, 0.717) is 12.8 Å². The Morgan fingerprint density at radius 1 is 1.29 bits per heavy atom. The molecule has 2 fully saturated rings. The minimum absolute atomic E-state index is 0.0743. The van der Waals surface area contributed by atoms with Crippen LogP contribution in [-0.4, -0.2) is 41.7 Å². The first kappa shape index (κ1) is 23.3. The fraction of sp³-hybridized carbons (Fsp3) is 0.870. The molecule has 0 amide bonds. The average molecular weight is 399 g/mol. The third-order valence-electron chi connectivity index (χ3n) is 7.24. The standard InChI is InChI=1S/C23H39FO4/c1-3-23(14-9-15-23)21(26)12-8-11-18-17(19(24)16-20(18)25)10-6-4-5-7-13-22(27)28-2/h8,11,17-21,25-26H,3-7,9-10,12-16H2,1-2H3/t17-,18-,19?,20?,21?/m1/s1. The van der Waals surface area contributed by atoms with Gasteiger partial charge in [-0.2, -0.15) is 0 Å². The summed E-state index contributed by atoms with van der Waals surface area (Å²) < 4.78 is 19.0. The predicted molar refractivity (Wildman–Crippen MR) is 109 cm³/mol. The van der Waals surface area contributed by atoms with Crippen LogP contribution in [0.15, 0.2) is 12.2 Å². The van der Waals surface area contributed by atoms with Crippen molar-refractivity contribution in [3.8, 4) is 0 Å². The highest BCUT2D eigenvalue weighted by Gasteiger charge is 2.42. The highest BCUT2D eigenvalue weighted by Crippen LogP contribution is 2.47. The second-order valence-electron chi connectivity index (χ2n) is 8.84. The third-order valence-corrected chi connectivity index (χ3v) is 7.24. The van der Waals surface area contributed by atoms with Crippen molar-refractivity contribution < 1.29 is 24.1 Å². The van der Waals surface area contributed by atoms with Crippen molar-refractivity contribution >= 4 is 5.97 Å². The molecule has 0 aromatic heterocycles. The van der Waals surface area contributed by atoms with E-state index in [-0.39, 0.29) is 35.7 Å². The summed E-state index contributed by atoms with van der Waals surface area (Å²) in [5.41, 5.74) is 0.0743. The van der Waals surface area contributed by atoms with Crippen LogP contribution in [0.3, 0.4) is 0 Å². The van der Waals surface area contributed by atoms with Crippen LogP contribution in [0.2, 0.25) is 0 Å². The lowest BCUT2D eigenvalue weighted by Gasteiger charge is -2.45. The summed E-state index contributed by atoms with van der Waals surface area (Å²) in [6.45, 7) is 2.14. The Kier molecular flexibility index (Phi) is 9.42. The first-order chi connectivity index (χ1) is 13.4. The van der Waals surface area contributed by atoms with Gasteiger partial charge in [0.05, 0.1) is 19.3 Å². The second-order valence-corrected chi connectivity index (χ2v) is 8.84. The van der Waals surface area contributed by atoms with Crippen LogP contribution in [-0.2, 0) is 9.53 Å². The van der Waals surface area contributed by atoms with E-state index >= 15 is 0 Å². The Balaban J connectivity index is 1.75. The molecule has 2 N–H and O–H groups in total. The quantitative estimate of drug-likeness (QED) is 0.283. The number of hydrogen-bond donors (Lipinski definition) is 2. The smallest absolute Gasteiger partial charge is 0.305 e. The Morgan fingerprint density at radius 2 is 2.00 bits per heavy atom. The molecule has 5 heteroatoms. The van der Waals surface area contributed by atoms with Gasteiger partial charge in [-0.05, 0) is 49.9 Å². The SMILES string of the molecule is CCC1(C(O)CC=C[C@H]2C(O)CC(F)[C@@H]2CCCCCCC(=O)OC)CCC1. The van der Waals surface area contributed by atoms with Gasteiger partial charge in [0.25, 0.3) is 0 Å². The van der Waals surface area contributed by atoms with Crippen LogP contribution in [0, 0.1) is 17.3 Å². The molecule has 2 aliphatic rings. The van der Waals surface area contributed by atoms with Crippen molar-refractivity contribution in [1.29, 1.82) is 0 Å². The second kappa shape index (κ2) is 11.3. The molecule has 2 saturated carbocycles. The van der Waals surface area contributed by atoms with E-state index in [0.717, 1.165) is 51.4 Å². The maximum absolute atomic E-state index is 14.4. The molecule has 5 atom stereocenters. The molecular weight excluding hydrogens is 359 g/mol. The summed E-state index contributed by atoms with van der Waals surface area (Å²) >= 11 is 0. The maximum Gasteiger partial charge on any atom is 0.305 e. The van der Waals surface area contributed by atoms with Crippen molar-refractivity contribution in [2.75, 3.05) is 7.11 Å². The lowest BCUT2D eigenvalue weighted by Crippen LogP contribution is -2.40. The molecular formula is C23H39FO4. The van der Waals surface area contributed by atoms with E-state index < -0.39 is 12.3 Å². The number of methoxy groups -OCH3 is 1. The van der Waals surface area contributed by atoms with Crippen LogP contribution < -0.4 is 0 Å². The number of carbonyl (C=O) groups is 1. The number of rotatable bonds is 12. The van der Waals surface area contributed by atoms with Gasteiger partial charge in [0.15, 0.2) is 0 Å². The normalized spacial score (nSPS) is 30.3. The molecule has 0 heterocycles. The molecule has 3 unspecified atom stereocenters. The molecule has 162 valence electrons. The van der Waals surface area contributed by atoms with Gasteiger partial charge in [-0.3, -0.25) is 4.79 Å². The molecule has 28 heavy (non-hydrogen) atoms. The van der Waals surface area contributed by atoms with Crippen molar-refractivity contribution in [3.05, 3.63) is 12.2 Å². The number of ether oxygens (including phenoxy) is 1. The van der Waals surface area contributed by atoms with Crippen molar-refractivity contribution in [1.82, 2.24) is 0 Å². The van der Waals surface area contributed by atoms with Crippen LogP contribution in [0.5, 0.6) is 0 Å². The molecule has 0 aromatic carbocycles. The van der Waals surface area contributed by atoms with Crippen LogP contribution in [0.4, 0.5) is 4.39 Å². The maximum atomic E-state index is 14.4. The van der Waals surface area contributed by atoms with E-state index in [4.69, 9.17) is 0 Å². The number of alkyl halides is 1. The number of hydrogen-bond acceptors (Lipinski definition) is 4. The number of unbranched alkanes of at least 4 members (excludes halogenated alkanes) is 3. The molecule has 2 aliphatic carbocycles. The first-order valence-corrected chi connectivity index (χ1v) is 11.2. The van der Waals surface area contributed by atoms with Gasteiger partial charge in [-0.1, -0.05) is 44.8 Å². The summed E-state index contributed by atoms with van der Waals surface area (Å²) in [6, 6.07) is 0. The van der Waals surface area contributed by atoms with Crippen molar-refractivity contribution in [2.45, 2.75) is 102 Å². The third kappa shape index (κ3) is 6.03. The van der Waals surface area contributed by atoms with Crippen LogP contribution in [0.1, 0.15) is 84.0 Å². The fourth-order valence-corrected chi connectivity index (χ4v) is 5.01. The predicted octanol–water partition coefficient (Wildman–Crippen LogP) is 4.72. The lowest BCUT2D eigenvalue weighted by molar-refractivity contribution is -0.140. The molecule has 0 radical (unpaired) electrons. The molecule has 2 rings (SSSR count). The van der Waals surface area contributed by atoms with E-state index in [1.165, 1.54) is 13.5 Å². The van der Waals surface area contributed by atoms with E-state index in [2.05, 4.69) is 11.7 Å². The van der Waals surface area contributed by atoms with Gasteiger partial charge in [0.2, 0.25) is 0 Å². The highest BCUT2D eigenvalue weighted by molar-refractivity contribution is 5.68. The topological polar surface area (TPSA) is 66.8 Å². The minimum atomic E-state index is -0.960. The minimum Gasteiger partial charge on any atom is -0.469 e. The lowest BCUT2D eigenvalue weighted by atomic mass is 9.63. The number of aliphatic hydroxyl groups excluding tert-OH is 2. The van der Waals surface area contributed by atoms with Crippen LogP contribution in [0.25, 0.3) is 0 Å². The summed E-state index contributed by atoms with van der Waals surface area (Å²) in [5.74, 6) is -0.481. The number of aliphatic hydroxyl groups is 2. The molecule has 0 aliphatic heterocycles. The zero-order chi connectivity index (χ0) is 20.6. The summed E-state index contributed by atoms with van der Waals surface area (Å²) in [4.78, 5) is 11.1. The molecule has 0 saturated heterocycles. The van der Waals surface area contributed by atoms with Crippen LogP contribution >= 0.6 is 0 Å². The zero-order valence-electron chi connectivity index (χ0n) is 17.6. The Labute approximate surface area is 169 Å². The van der Waals surface area contributed by atoms with Crippen molar-refractivity contribution in [2.24, 2.45) is 17.3 Å². The Hall–Kier alpha value is -0.940. The van der Waals surface area contributed by atoms with E-state index in [9.17, 15) is 19.4 Å². The average Bonchev–Trinajstić information content (AvgIpc) is 2.90. The van der Waals surface area contributed by atoms with Gasteiger partial charge in [-0.25, -0.2) is 4.39 Å². The van der Waals surface area contributed by atoms with E-state index in [1.807, 2.05) is 12.2 Å². The molecule has 4 nitrogen and oxygen atoms in total. The van der Waals surface area contributed by atoms with Gasteiger partial charge in [0.1, 0.15) is 6.17 Å². The van der Waals surface area contributed by atoms with Gasteiger partial charge in [-0.15, -0.1) is 0 Å². The zero-order valence-corrected chi connectivity index (χ0v) is 17.6. The Bertz CT molecular complexity index is 497. The largest absolute Gasteiger partial charge is 0.469 e.